The molecule has 1 amide bonds. The highest BCUT2D eigenvalue weighted by molar-refractivity contribution is 5.83. The molecule has 0 aromatic heterocycles. The molecule has 1 aliphatic carbocycles. The Morgan fingerprint density at radius 2 is 2.00 bits per heavy atom. The van der Waals surface area contributed by atoms with Gasteiger partial charge in [-0.25, -0.2) is 0 Å². The second kappa shape index (κ2) is 6.36. The third-order valence-electron chi connectivity index (χ3n) is 3.96. The predicted molar refractivity (Wildman–Crippen MR) is 70.7 cm³/mol. The van der Waals surface area contributed by atoms with E-state index >= 15 is 0 Å². The van der Waals surface area contributed by atoms with Crippen LogP contribution in [-0.4, -0.2) is 43.5 Å². The normalized spacial score (nSPS) is 27.9. The molecule has 0 atom stereocenters. The summed E-state index contributed by atoms with van der Waals surface area (Å²) >= 11 is 0. The van der Waals surface area contributed by atoms with E-state index in [0.29, 0.717) is 12.5 Å². The lowest BCUT2D eigenvalue weighted by molar-refractivity contribution is -0.138. The van der Waals surface area contributed by atoms with Crippen molar-refractivity contribution in [3.05, 3.63) is 0 Å². The van der Waals surface area contributed by atoms with Gasteiger partial charge in [-0.15, -0.1) is 0 Å². The lowest BCUT2D eigenvalue weighted by Gasteiger charge is -2.44. The van der Waals surface area contributed by atoms with Gasteiger partial charge in [-0.05, 0) is 31.8 Å². The molecule has 0 saturated heterocycles. The van der Waals surface area contributed by atoms with E-state index in [1.54, 1.807) is 0 Å². The molecule has 0 aromatic rings. The minimum atomic E-state index is -0.261. The Morgan fingerprint density at radius 1 is 1.41 bits per heavy atom. The topological polar surface area (TPSA) is 58.4 Å². The van der Waals surface area contributed by atoms with E-state index in [9.17, 15) is 4.79 Å². The first-order chi connectivity index (χ1) is 8.07. The third-order valence-corrected chi connectivity index (χ3v) is 3.96. The maximum Gasteiger partial charge on any atom is 0.227 e. The molecule has 4 nitrogen and oxygen atoms in total. The predicted octanol–water partition coefficient (Wildman–Crippen LogP) is 0.819. The summed E-state index contributed by atoms with van der Waals surface area (Å²) in [5.74, 6) is 0.803. The van der Waals surface area contributed by atoms with Crippen molar-refractivity contribution in [3.63, 3.8) is 0 Å². The lowest BCUT2D eigenvalue weighted by atomic mass is 9.62. The van der Waals surface area contributed by atoms with Crippen LogP contribution in [0.3, 0.4) is 0 Å². The molecule has 1 aliphatic rings. The zero-order chi connectivity index (χ0) is 12.9. The van der Waals surface area contributed by atoms with E-state index < -0.39 is 0 Å². The van der Waals surface area contributed by atoms with Gasteiger partial charge in [-0.3, -0.25) is 4.79 Å². The fourth-order valence-corrected chi connectivity index (χ4v) is 2.77. The fraction of sp³-hybridized carbons (Fsp3) is 0.923. The zero-order valence-electron chi connectivity index (χ0n) is 11.5. The minimum absolute atomic E-state index is 0.158. The number of amides is 1. The van der Waals surface area contributed by atoms with Crippen molar-refractivity contribution < 1.29 is 4.79 Å². The molecule has 1 saturated carbocycles. The number of rotatable bonds is 7. The van der Waals surface area contributed by atoms with Crippen LogP contribution in [0.2, 0.25) is 0 Å². The molecule has 4 heteroatoms. The molecular formula is C13H27N3O. The molecule has 0 bridgehead atoms. The summed E-state index contributed by atoms with van der Waals surface area (Å²) < 4.78 is 0. The second-order valence-corrected chi connectivity index (χ2v) is 5.28. The quantitative estimate of drug-likeness (QED) is 0.694. The van der Waals surface area contributed by atoms with Gasteiger partial charge in [0.2, 0.25) is 5.91 Å². The van der Waals surface area contributed by atoms with Gasteiger partial charge in [0.15, 0.2) is 0 Å². The van der Waals surface area contributed by atoms with E-state index in [1.165, 1.54) is 0 Å². The Bertz CT molecular complexity index is 245. The Hall–Kier alpha value is -0.610. The number of nitrogens with one attached hydrogen (secondary N) is 1. The highest BCUT2D eigenvalue weighted by Crippen LogP contribution is 2.44. The first kappa shape index (κ1) is 14.5. The fourth-order valence-electron chi connectivity index (χ4n) is 2.77. The van der Waals surface area contributed by atoms with Crippen molar-refractivity contribution in [2.45, 2.75) is 33.6 Å². The molecule has 17 heavy (non-hydrogen) atoms. The van der Waals surface area contributed by atoms with Crippen molar-refractivity contribution in [1.82, 2.24) is 10.2 Å². The molecular weight excluding hydrogens is 214 g/mol. The van der Waals surface area contributed by atoms with Crippen LogP contribution in [0.1, 0.15) is 33.6 Å². The van der Waals surface area contributed by atoms with E-state index in [-0.39, 0.29) is 11.3 Å². The van der Waals surface area contributed by atoms with Gasteiger partial charge in [0.05, 0.1) is 5.41 Å². The summed E-state index contributed by atoms with van der Waals surface area (Å²) in [7, 11) is 0. The van der Waals surface area contributed by atoms with Gasteiger partial charge in [0.25, 0.3) is 0 Å². The summed E-state index contributed by atoms with van der Waals surface area (Å²) in [4.78, 5) is 14.4. The van der Waals surface area contributed by atoms with Crippen LogP contribution in [0.25, 0.3) is 0 Å². The molecule has 3 N–H and O–H groups in total. The van der Waals surface area contributed by atoms with Gasteiger partial charge >= 0.3 is 0 Å². The Labute approximate surface area is 105 Å². The maximum absolute atomic E-state index is 12.1. The van der Waals surface area contributed by atoms with Crippen LogP contribution < -0.4 is 11.1 Å². The standard InChI is InChI=1S/C13H27N3O/c1-4-16(5-2)7-6-15-12(17)13(10-14)8-11(3)9-13/h11H,4-10,14H2,1-3H3,(H,15,17). The van der Waals surface area contributed by atoms with Crippen molar-refractivity contribution in [1.29, 1.82) is 0 Å². The second-order valence-electron chi connectivity index (χ2n) is 5.28. The van der Waals surface area contributed by atoms with E-state index in [1.807, 2.05) is 0 Å². The highest BCUT2D eigenvalue weighted by atomic mass is 16.2. The summed E-state index contributed by atoms with van der Waals surface area (Å²) in [5.41, 5.74) is 5.48. The minimum Gasteiger partial charge on any atom is -0.354 e. The van der Waals surface area contributed by atoms with Crippen LogP contribution in [0, 0.1) is 11.3 Å². The average molecular weight is 241 g/mol. The molecule has 0 heterocycles. The Morgan fingerprint density at radius 3 is 2.41 bits per heavy atom. The number of nitrogens with zero attached hydrogens (tertiary/aromatic N) is 1. The van der Waals surface area contributed by atoms with Crippen LogP contribution in [0.5, 0.6) is 0 Å². The number of nitrogens with two attached hydrogens (primary N) is 1. The van der Waals surface area contributed by atoms with Gasteiger partial charge in [0, 0.05) is 19.6 Å². The number of carbonyl (C=O) groups excluding carboxylic acids is 1. The molecule has 0 spiro atoms. The van der Waals surface area contributed by atoms with Crippen LogP contribution in [0.15, 0.2) is 0 Å². The molecule has 1 fully saturated rings. The summed E-state index contributed by atoms with van der Waals surface area (Å²) in [6.45, 7) is 10.7. The number of hydrogen-bond donors (Lipinski definition) is 2. The van der Waals surface area contributed by atoms with Crippen molar-refractivity contribution >= 4 is 5.91 Å². The van der Waals surface area contributed by atoms with E-state index in [2.05, 4.69) is 31.0 Å². The summed E-state index contributed by atoms with van der Waals surface area (Å²) in [5, 5.41) is 3.04. The zero-order valence-corrected chi connectivity index (χ0v) is 11.5. The molecule has 0 radical (unpaired) electrons. The smallest absolute Gasteiger partial charge is 0.227 e. The summed E-state index contributed by atoms with van der Waals surface area (Å²) in [6.07, 6.45) is 1.89. The molecule has 0 aliphatic heterocycles. The largest absolute Gasteiger partial charge is 0.354 e. The van der Waals surface area contributed by atoms with Gasteiger partial charge in [-0.1, -0.05) is 20.8 Å². The molecule has 0 unspecified atom stereocenters. The molecule has 1 rings (SSSR count). The number of hydrogen-bond acceptors (Lipinski definition) is 3. The number of likely N-dealkylation sites (N-methyl/N-ethyl adjacent to an activating group) is 1. The van der Waals surface area contributed by atoms with Crippen LogP contribution >= 0.6 is 0 Å². The monoisotopic (exact) mass is 241 g/mol. The SMILES string of the molecule is CCN(CC)CCNC(=O)C1(CN)CC(C)C1. The molecule has 100 valence electrons. The van der Waals surface area contributed by atoms with E-state index in [0.717, 1.165) is 39.0 Å². The average Bonchev–Trinajstić information content (AvgIpc) is 2.30. The maximum atomic E-state index is 12.1. The van der Waals surface area contributed by atoms with Crippen LogP contribution in [0.4, 0.5) is 0 Å². The summed E-state index contributed by atoms with van der Waals surface area (Å²) in [6, 6.07) is 0. The Kier molecular flexibility index (Phi) is 5.40. The Balaban J connectivity index is 2.29. The van der Waals surface area contributed by atoms with Crippen LogP contribution in [-0.2, 0) is 4.79 Å². The molecule has 0 aromatic carbocycles. The first-order valence-corrected chi connectivity index (χ1v) is 6.78. The van der Waals surface area contributed by atoms with Gasteiger partial charge in [0.1, 0.15) is 0 Å². The van der Waals surface area contributed by atoms with Gasteiger partial charge < -0.3 is 16.0 Å². The first-order valence-electron chi connectivity index (χ1n) is 6.78. The van der Waals surface area contributed by atoms with E-state index in [4.69, 9.17) is 5.73 Å². The van der Waals surface area contributed by atoms with Gasteiger partial charge in [-0.2, -0.15) is 0 Å². The lowest BCUT2D eigenvalue weighted by Crippen LogP contribution is -2.54. The highest BCUT2D eigenvalue weighted by Gasteiger charge is 2.46. The van der Waals surface area contributed by atoms with Crippen molar-refractivity contribution in [3.8, 4) is 0 Å². The van der Waals surface area contributed by atoms with Crippen molar-refractivity contribution in [2.75, 3.05) is 32.7 Å². The van der Waals surface area contributed by atoms with Crippen molar-refractivity contribution in [2.24, 2.45) is 17.1 Å². The third kappa shape index (κ3) is 3.42. The number of carbonyl (C=O) groups is 1.